The Bertz CT molecular complexity index is 486. The van der Waals surface area contributed by atoms with Gasteiger partial charge in [0.2, 0.25) is 0 Å². The molecule has 0 fully saturated rings. The number of halogens is 2. The lowest BCUT2D eigenvalue weighted by Gasteiger charge is -2.04. The predicted molar refractivity (Wildman–Crippen MR) is 66.8 cm³/mol. The number of rotatable bonds is 2. The molecule has 2 nitrogen and oxygen atoms in total. The first kappa shape index (κ1) is 10.9. The van der Waals surface area contributed by atoms with Crippen LogP contribution >= 0.6 is 38.9 Å². The van der Waals surface area contributed by atoms with Gasteiger partial charge in [-0.05, 0) is 28.1 Å². The van der Waals surface area contributed by atoms with Crippen molar-refractivity contribution in [2.45, 2.75) is 0 Å². The first-order valence-corrected chi connectivity index (χ1v) is 6.20. The van der Waals surface area contributed by atoms with Crippen LogP contribution in [0.4, 0.5) is 0 Å². The molecule has 1 aromatic heterocycles. The average Bonchev–Trinajstić information content (AvgIpc) is 2.66. The average molecular weight is 305 g/mol. The molecule has 0 spiro atoms. The smallest absolute Gasteiger partial charge is 0.138 e. The molecule has 0 atom stereocenters. The van der Waals surface area contributed by atoms with Gasteiger partial charge in [-0.25, -0.2) is 4.98 Å². The van der Waals surface area contributed by atoms with E-state index in [1.54, 1.807) is 18.4 Å². The van der Waals surface area contributed by atoms with Crippen LogP contribution in [-0.4, -0.2) is 12.1 Å². The predicted octanol–water partition coefficient (Wildman–Crippen LogP) is 4.23. The SMILES string of the molecule is COc1cc(-c2nc(Br)cs2)ccc1Cl. The van der Waals surface area contributed by atoms with Gasteiger partial charge in [-0.2, -0.15) is 0 Å². The van der Waals surface area contributed by atoms with Gasteiger partial charge in [-0.1, -0.05) is 17.7 Å². The van der Waals surface area contributed by atoms with Crippen LogP contribution in [0.1, 0.15) is 0 Å². The maximum Gasteiger partial charge on any atom is 0.138 e. The Balaban J connectivity index is 2.45. The molecular weight excluding hydrogens is 298 g/mol. The highest BCUT2D eigenvalue weighted by atomic mass is 79.9. The Morgan fingerprint density at radius 3 is 2.87 bits per heavy atom. The molecule has 0 N–H and O–H groups in total. The number of aromatic nitrogens is 1. The minimum Gasteiger partial charge on any atom is -0.495 e. The van der Waals surface area contributed by atoms with Crippen molar-refractivity contribution >= 4 is 38.9 Å². The van der Waals surface area contributed by atoms with E-state index in [2.05, 4.69) is 20.9 Å². The number of ether oxygens (including phenoxy) is 1. The number of hydrogen-bond acceptors (Lipinski definition) is 3. The van der Waals surface area contributed by atoms with E-state index in [9.17, 15) is 0 Å². The minimum atomic E-state index is 0.608. The monoisotopic (exact) mass is 303 g/mol. The summed E-state index contributed by atoms with van der Waals surface area (Å²) < 4.78 is 5.99. The molecule has 0 bridgehead atoms. The van der Waals surface area contributed by atoms with Gasteiger partial charge in [0.1, 0.15) is 15.4 Å². The zero-order chi connectivity index (χ0) is 10.8. The summed E-state index contributed by atoms with van der Waals surface area (Å²) in [6.07, 6.45) is 0. The van der Waals surface area contributed by atoms with Crippen LogP contribution in [0.25, 0.3) is 10.6 Å². The lowest BCUT2D eigenvalue weighted by molar-refractivity contribution is 0.415. The third kappa shape index (κ3) is 2.33. The molecule has 5 heteroatoms. The summed E-state index contributed by atoms with van der Waals surface area (Å²) in [6, 6.07) is 5.62. The van der Waals surface area contributed by atoms with Crippen molar-refractivity contribution in [3.8, 4) is 16.3 Å². The highest BCUT2D eigenvalue weighted by Gasteiger charge is 2.06. The second-order valence-electron chi connectivity index (χ2n) is 2.82. The topological polar surface area (TPSA) is 22.1 Å². The van der Waals surface area contributed by atoms with E-state index in [4.69, 9.17) is 16.3 Å². The Morgan fingerprint density at radius 2 is 2.27 bits per heavy atom. The van der Waals surface area contributed by atoms with Crippen molar-refractivity contribution in [1.29, 1.82) is 0 Å². The molecule has 1 aromatic carbocycles. The van der Waals surface area contributed by atoms with Gasteiger partial charge < -0.3 is 4.74 Å². The molecule has 0 saturated heterocycles. The lowest BCUT2D eigenvalue weighted by atomic mass is 10.2. The third-order valence-corrected chi connectivity index (χ3v) is 3.79. The van der Waals surface area contributed by atoms with Crippen LogP contribution in [0.3, 0.4) is 0 Å². The molecule has 0 aliphatic heterocycles. The number of nitrogens with zero attached hydrogens (tertiary/aromatic N) is 1. The van der Waals surface area contributed by atoms with Crippen molar-refractivity contribution in [2.24, 2.45) is 0 Å². The number of thiazole rings is 1. The minimum absolute atomic E-state index is 0.608. The summed E-state index contributed by atoms with van der Waals surface area (Å²) in [5.74, 6) is 0.667. The largest absolute Gasteiger partial charge is 0.495 e. The van der Waals surface area contributed by atoms with Crippen molar-refractivity contribution in [1.82, 2.24) is 4.98 Å². The quantitative estimate of drug-likeness (QED) is 0.828. The van der Waals surface area contributed by atoms with Gasteiger partial charge in [0.25, 0.3) is 0 Å². The standard InChI is InChI=1S/C10H7BrClNOS/c1-14-8-4-6(2-3-7(8)12)10-13-9(11)5-15-10/h2-5H,1H3. The maximum atomic E-state index is 5.94. The van der Waals surface area contributed by atoms with Gasteiger partial charge in [0.05, 0.1) is 12.1 Å². The normalized spacial score (nSPS) is 10.3. The highest BCUT2D eigenvalue weighted by Crippen LogP contribution is 2.32. The third-order valence-electron chi connectivity index (χ3n) is 1.87. The lowest BCUT2D eigenvalue weighted by Crippen LogP contribution is -1.85. The van der Waals surface area contributed by atoms with Crippen LogP contribution in [-0.2, 0) is 0 Å². The molecule has 0 aliphatic rings. The molecule has 1 heterocycles. The molecule has 78 valence electrons. The zero-order valence-corrected chi connectivity index (χ0v) is 11.0. The van der Waals surface area contributed by atoms with Gasteiger partial charge in [0, 0.05) is 10.9 Å². The molecule has 0 aliphatic carbocycles. The molecule has 15 heavy (non-hydrogen) atoms. The van der Waals surface area contributed by atoms with Crippen LogP contribution < -0.4 is 4.74 Å². The second kappa shape index (κ2) is 4.51. The molecule has 0 amide bonds. The van der Waals surface area contributed by atoms with Crippen LogP contribution in [0.5, 0.6) is 5.75 Å². The molecule has 0 radical (unpaired) electrons. The summed E-state index contributed by atoms with van der Waals surface area (Å²) in [5.41, 5.74) is 1.01. The molecule has 2 aromatic rings. The van der Waals surface area contributed by atoms with Gasteiger partial charge in [-0.3, -0.25) is 0 Å². The summed E-state index contributed by atoms with van der Waals surface area (Å²) >= 11 is 10.8. The van der Waals surface area contributed by atoms with E-state index < -0.39 is 0 Å². The second-order valence-corrected chi connectivity index (χ2v) is 4.90. The summed E-state index contributed by atoms with van der Waals surface area (Å²) in [4.78, 5) is 4.32. The van der Waals surface area contributed by atoms with E-state index >= 15 is 0 Å². The Morgan fingerprint density at radius 1 is 1.47 bits per heavy atom. The molecule has 2 rings (SSSR count). The van der Waals surface area contributed by atoms with Crippen molar-refractivity contribution < 1.29 is 4.74 Å². The fourth-order valence-electron chi connectivity index (χ4n) is 1.18. The van der Waals surface area contributed by atoms with Crippen molar-refractivity contribution in [2.75, 3.05) is 7.11 Å². The van der Waals surface area contributed by atoms with E-state index in [0.29, 0.717) is 10.8 Å². The summed E-state index contributed by atoms with van der Waals surface area (Å²) in [6.45, 7) is 0. The number of methoxy groups -OCH3 is 1. The van der Waals surface area contributed by atoms with Crippen LogP contribution in [0.15, 0.2) is 28.2 Å². The Hall–Kier alpha value is -0.580. The highest BCUT2D eigenvalue weighted by molar-refractivity contribution is 9.10. The van der Waals surface area contributed by atoms with Gasteiger partial charge >= 0.3 is 0 Å². The van der Waals surface area contributed by atoms with E-state index in [1.807, 2.05) is 23.6 Å². The molecule has 0 saturated carbocycles. The number of hydrogen-bond donors (Lipinski definition) is 0. The van der Waals surface area contributed by atoms with Gasteiger partial charge in [-0.15, -0.1) is 11.3 Å². The molecule has 0 unspecified atom stereocenters. The maximum absolute atomic E-state index is 5.94. The Labute approximate surface area is 105 Å². The summed E-state index contributed by atoms with van der Waals surface area (Å²) in [7, 11) is 1.60. The van der Waals surface area contributed by atoms with E-state index in [0.717, 1.165) is 15.2 Å². The van der Waals surface area contributed by atoms with Gasteiger partial charge in [0.15, 0.2) is 0 Å². The fraction of sp³-hybridized carbons (Fsp3) is 0.100. The van der Waals surface area contributed by atoms with Crippen molar-refractivity contribution in [3.63, 3.8) is 0 Å². The van der Waals surface area contributed by atoms with E-state index in [-0.39, 0.29) is 0 Å². The van der Waals surface area contributed by atoms with E-state index in [1.165, 1.54) is 0 Å². The molecular formula is C10H7BrClNOS. The van der Waals surface area contributed by atoms with Crippen molar-refractivity contribution in [3.05, 3.63) is 33.2 Å². The zero-order valence-electron chi connectivity index (χ0n) is 7.83. The first-order chi connectivity index (χ1) is 7.20. The fourth-order valence-corrected chi connectivity index (χ4v) is 2.63. The van der Waals surface area contributed by atoms with Crippen LogP contribution in [0, 0.1) is 0 Å². The Kier molecular flexibility index (Phi) is 3.29. The van der Waals surface area contributed by atoms with Crippen LogP contribution in [0.2, 0.25) is 5.02 Å². The number of benzene rings is 1. The first-order valence-electron chi connectivity index (χ1n) is 4.15. The summed E-state index contributed by atoms with van der Waals surface area (Å²) in [5, 5.41) is 3.49.